The van der Waals surface area contributed by atoms with Crippen LogP contribution in [0.1, 0.15) is 80.0 Å². The summed E-state index contributed by atoms with van der Waals surface area (Å²) < 4.78 is 25.9. The summed E-state index contributed by atoms with van der Waals surface area (Å²) in [6.07, 6.45) is 4.27. The van der Waals surface area contributed by atoms with Gasteiger partial charge in [0, 0.05) is 56.1 Å². The molecule has 1 amide bonds. The number of amides is 1. The summed E-state index contributed by atoms with van der Waals surface area (Å²) in [5.74, 6) is 2.51. The normalized spacial score (nSPS) is 17.3. The molecule has 0 aliphatic carbocycles. The largest absolute Gasteiger partial charge is 0.496 e. The summed E-state index contributed by atoms with van der Waals surface area (Å²) in [5.41, 5.74) is 7.58. The zero-order chi connectivity index (χ0) is 34.2. The average Bonchev–Trinajstić information content (AvgIpc) is 3.03. The van der Waals surface area contributed by atoms with Gasteiger partial charge in [-0.1, -0.05) is 12.1 Å². The number of methoxy groups -OCH3 is 2. The Kier molecular flexibility index (Phi) is 9.96. The molecule has 0 N–H and O–H groups in total. The lowest BCUT2D eigenvalue weighted by Gasteiger charge is -2.38. The van der Waals surface area contributed by atoms with E-state index in [1.807, 2.05) is 57.8 Å². The first-order valence-electron chi connectivity index (χ1n) is 16.7. The van der Waals surface area contributed by atoms with E-state index in [2.05, 4.69) is 30.9 Å². The Balaban J connectivity index is 1.28. The van der Waals surface area contributed by atoms with Gasteiger partial charge < -0.3 is 28.4 Å². The van der Waals surface area contributed by atoms with Gasteiger partial charge in [0.1, 0.15) is 29.0 Å². The first-order chi connectivity index (χ1) is 22.2. The zero-order valence-electron chi connectivity index (χ0n) is 29.8. The third kappa shape index (κ3) is 7.15. The van der Waals surface area contributed by atoms with Crippen LogP contribution in [-0.2, 0) is 24.8 Å². The second-order valence-electron chi connectivity index (χ2n) is 14.0. The summed E-state index contributed by atoms with van der Waals surface area (Å²) in [5, 5.41) is 0. The molecular weight excluding hydrogens is 594 g/mol. The van der Waals surface area contributed by atoms with Crippen LogP contribution in [0.15, 0.2) is 35.3 Å². The minimum atomic E-state index is -0.532. The second kappa shape index (κ2) is 13.6. The fourth-order valence-corrected chi connectivity index (χ4v) is 6.88. The monoisotopic (exact) mass is 645 g/mol. The number of ether oxygens (including phenoxy) is 4. The van der Waals surface area contributed by atoms with Gasteiger partial charge in [0.15, 0.2) is 0 Å². The number of aromatic nitrogens is 1. The fraction of sp³-hybridized carbons (Fsp3) is 0.526. The lowest BCUT2D eigenvalue weighted by atomic mass is 9.91. The fourth-order valence-electron chi connectivity index (χ4n) is 6.88. The summed E-state index contributed by atoms with van der Waals surface area (Å²) in [4.78, 5) is 29.6. The van der Waals surface area contributed by atoms with Gasteiger partial charge in [0.2, 0.25) is 0 Å². The van der Waals surface area contributed by atoms with Crippen molar-refractivity contribution in [3.8, 4) is 28.4 Å². The number of carbonyl (C=O) groups is 1. The average molecular weight is 646 g/mol. The number of aryl methyl sites for hydroxylation is 2. The molecule has 0 spiro atoms. The van der Waals surface area contributed by atoms with Gasteiger partial charge in [-0.25, -0.2) is 4.79 Å². The molecule has 0 radical (unpaired) electrons. The SMILES string of the molecule is COc1cc(-c2cn(C)c(=O)c(C)c2C)cc(OC)c1CN1CCC(Oc2c(C)ccc3c2CCN(C(=O)OC(C)(C)C)C3C)CC1. The van der Waals surface area contributed by atoms with Crippen molar-refractivity contribution >= 4 is 6.09 Å². The van der Waals surface area contributed by atoms with E-state index in [1.54, 1.807) is 25.8 Å². The Labute approximate surface area is 279 Å². The van der Waals surface area contributed by atoms with Crippen LogP contribution >= 0.6 is 0 Å². The first kappa shape index (κ1) is 34.4. The highest BCUT2D eigenvalue weighted by atomic mass is 16.6. The number of pyridine rings is 1. The molecule has 0 bridgehead atoms. The summed E-state index contributed by atoms with van der Waals surface area (Å²) >= 11 is 0. The molecule has 1 atom stereocenters. The smallest absolute Gasteiger partial charge is 0.410 e. The molecule has 9 nitrogen and oxygen atoms in total. The number of hydrogen-bond acceptors (Lipinski definition) is 7. The first-order valence-corrected chi connectivity index (χ1v) is 16.7. The minimum Gasteiger partial charge on any atom is -0.496 e. The predicted molar refractivity (Wildman–Crippen MR) is 185 cm³/mol. The molecule has 47 heavy (non-hydrogen) atoms. The number of benzene rings is 2. The number of likely N-dealkylation sites (tertiary alicyclic amines) is 1. The van der Waals surface area contributed by atoms with E-state index in [0.717, 1.165) is 88.5 Å². The van der Waals surface area contributed by atoms with E-state index in [4.69, 9.17) is 18.9 Å². The van der Waals surface area contributed by atoms with Crippen molar-refractivity contribution in [3.05, 3.63) is 74.2 Å². The molecule has 1 fully saturated rings. The molecule has 2 aromatic carbocycles. The Morgan fingerprint density at radius 3 is 2.19 bits per heavy atom. The summed E-state index contributed by atoms with van der Waals surface area (Å²) in [6.45, 7) is 16.8. The van der Waals surface area contributed by atoms with Crippen molar-refractivity contribution in [3.63, 3.8) is 0 Å². The van der Waals surface area contributed by atoms with Crippen molar-refractivity contribution in [1.29, 1.82) is 0 Å². The van der Waals surface area contributed by atoms with Crippen LogP contribution in [0, 0.1) is 20.8 Å². The van der Waals surface area contributed by atoms with Gasteiger partial charge in [0.05, 0.1) is 25.8 Å². The topological polar surface area (TPSA) is 82.5 Å². The van der Waals surface area contributed by atoms with Crippen molar-refractivity contribution < 1.29 is 23.7 Å². The van der Waals surface area contributed by atoms with Crippen LogP contribution in [0.5, 0.6) is 17.2 Å². The van der Waals surface area contributed by atoms with Crippen LogP contribution in [0.25, 0.3) is 11.1 Å². The van der Waals surface area contributed by atoms with Crippen LogP contribution in [0.3, 0.4) is 0 Å². The van der Waals surface area contributed by atoms with E-state index in [-0.39, 0.29) is 23.8 Å². The van der Waals surface area contributed by atoms with Gasteiger partial charge in [-0.3, -0.25) is 9.69 Å². The van der Waals surface area contributed by atoms with E-state index < -0.39 is 5.60 Å². The summed E-state index contributed by atoms with van der Waals surface area (Å²) in [7, 11) is 5.16. The highest BCUT2D eigenvalue weighted by Gasteiger charge is 2.34. The van der Waals surface area contributed by atoms with E-state index in [9.17, 15) is 9.59 Å². The van der Waals surface area contributed by atoms with Gasteiger partial charge in [-0.2, -0.15) is 0 Å². The molecule has 2 aliphatic heterocycles. The number of hydrogen-bond donors (Lipinski definition) is 0. The maximum absolute atomic E-state index is 12.9. The van der Waals surface area contributed by atoms with Crippen molar-refractivity contribution in [2.45, 2.75) is 92.0 Å². The molecular formula is C38H51N3O6. The Bertz CT molecular complexity index is 1670. The Hall–Kier alpha value is -3.98. The molecule has 1 saturated heterocycles. The number of fused-ring (bicyclic) bond motifs is 1. The van der Waals surface area contributed by atoms with Crippen LogP contribution < -0.4 is 19.8 Å². The third-order valence-corrected chi connectivity index (χ3v) is 9.69. The van der Waals surface area contributed by atoms with E-state index in [1.165, 1.54) is 5.56 Å². The highest BCUT2D eigenvalue weighted by Crippen LogP contribution is 2.40. The van der Waals surface area contributed by atoms with Crippen LogP contribution in [0.2, 0.25) is 0 Å². The Morgan fingerprint density at radius 1 is 0.957 bits per heavy atom. The predicted octanol–water partition coefficient (Wildman–Crippen LogP) is 6.89. The number of nitrogens with zero attached hydrogens (tertiary/aromatic N) is 3. The van der Waals surface area contributed by atoms with Gasteiger partial charge >= 0.3 is 6.09 Å². The summed E-state index contributed by atoms with van der Waals surface area (Å²) in [6, 6.07) is 8.25. The highest BCUT2D eigenvalue weighted by molar-refractivity contribution is 5.72. The van der Waals surface area contributed by atoms with Crippen molar-refractivity contribution in [2.24, 2.45) is 7.05 Å². The van der Waals surface area contributed by atoms with Crippen molar-refractivity contribution in [1.82, 2.24) is 14.4 Å². The van der Waals surface area contributed by atoms with Crippen molar-refractivity contribution in [2.75, 3.05) is 33.9 Å². The molecule has 254 valence electrons. The van der Waals surface area contributed by atoms with E-state index >= 15 is 0 Å². The van der Waals surface area contributed by atoms with Gasteiger partial charge in [0.25, 0.3) is 5.56 Å². The van der Waals surface area contributed by atoms with Crippen LogP contribution in [-0.4, -0.2) is 66.0 Å². The quantitative estimate of drug-likeness (QED) is 0.277. The maximum atomic E-state index is 12.9. The number of rotatable bonds is 7. The molecule has 1 aromatic heterocycles. The number of piperidine rings is 1. The number of carbonyl (C=O) groups excluding carboxylic acids is 1. The molecule has 9 heteroatoms. The molecule has 1 unspecified atom stereocenters. The van der Waals surface area contributed by atoms with Crippen LogP contribution in [0.4, 0.5) is 4.79 Å². The molecule has 0 saturated carbocycles. The lowest BCUT2D eigenvalue weighted by Crippen LogP contribution is -2.42. The molecule has 2 aliphatic rings. The van der Waals surface area contributed by atoms with E-state index in [0.29, 0.717) is 13.1 Å². The maximum Gasteiger partial charge on any atom is 0.410 e. The lowest BCUT2D eigenvalue weighted by molar-refractivity contribution is 0.0156. The van der Waals surface area contributed by atoms with Gasteiger partial charge in [-0.15, -0.1) is 0 Å². The molecule has 3 heterocycles. The zero-order valence-corrected chi connectivity index (χ0v) is 29.8. The third-order valence-electron chi connectivity index (χ3n) is 9.69. The Morgan fingerprint density at radius 2 is 1.60 bits per heavy atom. The molecule has 5 rings (SSSR count). The minimum absolute atomic E-state index is 0.0101. The van der Waals surface area contributed by atoms with Gasteiger partial charge in [-0.05, 0) is 102 Å². The second-order valence-corrected chi connectivity index (χ2v) is 14.0. The standard InChI is InChI=1S/C38H51N3O6/c1-23-11-12-29-26(4)41(37(43)47-38(5,6)7)18-15-30(29)35(23)46-28-13-16-40(17-14-28)22-32-33(44-9)19-27(20-34(32)45-10)31-21-39(8)36(42)25(3)24(31)2/h11-12,19-21,26,28H,13-18,22H2,1-10H3. The molecule has 3 aromatic rings.